The Balaban J connectivity index is 1.83. The number of nitrogens with one attached hydrogen (secondary N) is 1. The van der Waals surface area contributed by atoms with Crippen molar-refractivity contribution in [2.24, 2.45) is 7.05 Å². The van der Waals surface area contributed by atoms with Crippen LogP contribution in [0.3, 0.4) is 0 Å². The van der Waals surface area contributed by atoms with Gasteiger partial charge in [-0.3, -0.25) is 14.3 Å². The molecule has 0 amide bonds. The Bertz CT molecular complexity index is 695. The SMILES string of the molecule is Cn1c(=O)oc2ccc(C(=O)CN3CCNCC3)cc21. The maximum Gasteiger partial charge on any atom is 0.419 e. The van der Waals surface area contributed by atoms with E-state index in [1.54, 1.807) is 25.2 Å². The maximum atomic E-state index is 12.3. The molecule has 1 fully saturated rings. The van der Waals surface area contributed by atoms with Crippen molar-refractivity contribution < 1.29 is 9.21 Å². The van der Waals surface area contributed by atoms with Crippen molar-refractivity contribution in [2.45, 2.75) is 0 Å². The lowest BCUT2D eigenvalue weighted by Crippen LogP contribution is -2.45. The molecule has 1 aliphatic rings. The molecule has 2 heterocycles. The summed E-state index contributed by atoms with van der Waals surface area (Å²) < 4.78 is 6.47. The minimum atomic E-state index is -0.410. The molecule has 0 spiro atoms. The topological polar surface area (TPSA) is 67.5 Å². The molecule has 1 aromatic carbocycles. The van der Waals surface area contributed by atoms with Crippen LogP contribution in [0.1, 0.15) is 10.4 Å². The number of benzene rings is 1. The first-order chi connectivity index (χ1) is 9.65. The molecule has 3 rings (SSSR count). The second kappa shape index (κ2) is 5.22. The molecule has 20 heavy (non-hydrogen) atoms. The number of ketones is 1. The number of hydrogen-bond acceptors (Lipinski definition) is 5. The van der Waals surface area contributed by atoms with E-state index in [0.717, 1.165) is 26.2 Å². The molecule has 106 valence electrons. The molecule has 0 atom stereocenters. The van der Waals surface area contributed by atoms with Crippen LogP contribution in [0, 0.1) is 0 Å². The smallest absolute Gasteiger partial charge is 0.408 e. The van der Waals surface area contributed by atoms with Crippen LogP contribution >= 0.6 is 0 Å². The quantitative estimate of drug-likeness (QED) is 0.812. The van der Waals surface area contributed by atoms with Crippen LogP contribution in [0.5, 0.6) is 0 Å². The summed E-state index contributed by atoms with van der Waals surface area (Å²) in [5.74, 6) is -0.339. The van der Waals surface area contributed by atoms with Crippen molar-refractivity contribution in [1.29, 1.82) is 0 Å². The van der Waals surface area contributed by atoms with Gasteiger partial charge in [-0.2, -0.15) is 0 Å². The molecule has 0 bridgehead atoms. The molecule has 0 unspecified atom stereocenters. The fraction of sp³-hybridized carbons (Fsp3) is 0.429. The Morgan fingerprint density at radius 2 is 2.10 bits per heavy atom. The summed E-state index contributed by atoms with van der Waals surface area (Å²) in [6.07, 6.45) is 0. The number of carbonyl (C=O) groups is 1. The molecular formula is C14H17N3O3. The summed E-state index contributed by atoms with van der Waals surface area (Å²) in [4.78, 5) is 25.9. The molecule has 1 N–H and O–H groups in total. The van der Waals surface area contributed by atoms with Gasteiger partial charge < -0.3 is 9.73 Å². The summed E-state index contributed by atoms with van der Waals surface area (Å²) in [6, 6.07) is 5.13. The Morgan fingerprint density at radius 3 is 2.85 bits per heavy atom. The monoisotopic (exact) mass is 275 g/mol. The lowest BCUT2D eigenvalue weighted by atomic mass is 10.1. The zero-order chi connectivity index (χ0) is 14.1. The van der Waals surface area contributed by atoms with E-state index in [2.05, 4.69) is 10.2 Å². The van der Waals surface area contributed by atoms with Gasteiger partial charge >= 0.3 is 5.76 Å². The standard InChI is InChI=1S/C14H17N3O3/c1-16-11-8-10(2-3-13(11)20-14(16)19)12(18)9-17-6-4-15-5-7-17/h2-3,8,15H,4-7,9H2,1H3. The van der Waals surface area contributed by atoms with Gasteiger partial charge in [0.25, 0.3) is 0 Å². The van der Waals surface area contributed by atoms with E-state index in [4.69, 9.17) is 4.42 Å². The molecule has 0 saturated carbocycles. The lowest BCUT2D eigenvalue weighted by molar-refractivity contribution is 0.0921. The highest BCUT2D eigenvalue weighted by Gasteiger charge is 2.16. The molecular weight excluding hydrogens is 258 g/mol. The van der Waals surface area contributed by atoms with E-state index in [0.29, 0.717) is 23.2 Å². The van der Waals surface area contributed by atoms with E-state index in [-0.39, 0.29) is 5.78 Å². The minimum Gasteiger partial charge on any atom is -0.408 e. The average molecular weight is 275 g/mol. The van der Waals surface area contributed by atoms with E-state index in [1.807, 2.05) is 0 Å². The zero-order valence-corrected chi connectivity index (χ0v) is 11.4. The predicted molar refractivity (Wildman–Crippen MR) is 75.1 cm³/mol. The number of piperazine rings is 1. The molecule has 2 aromatic rings. The first-order valence-electron chi connectivity index (χ1n) is 6.71. The molecule has 1 aromatic heterocycles. The van der Waals surface area contributed by atoms with Gasteiger partial charge in [0, 0.05) is 38.8 Å². The molecule has 1 aliphatic heterocycles. The van der Waals surface area contributed by atoms with Crippen LogP contribution in [0.15, 0.2) is 27.4 Å². The van der Waals surface area contributed by atoms with E-state index < -0.39 is 5.76 Å². The van der Waals surface area contributed by atoms with Crippen molar-refractivity contribution >= 4 is 16.9 Å². The fourth-order valence-electron chi connectivity index (χ4n) is 2.46. The van der Waals surface area contributed by atoms with Crippen LogP contribution < -0.4 is 11.1 Å². The average Bonchev–Trinajstić information content (AvgIpc) is 2.75. The molecule has 1 saturated heterocycles. The third kappa shape index (κ3) is 2.39. The molecule has 0 aliphatic carbocycles. The zero-order valence-electron chi connectivity index (χ0n) is 11.4. The number of oxazole rings is 1. The Labute approximate surface area is 116 Å². The third-order valence-corrected chi connectivity index (χ3v) is 3.69. The summed E-state index contributed by atoms with van der Waals surface area (Å²) in [7, 11) is 1.64. The normalized spacial score (nSPS) is 16.6. The summed E-state index contributed by atoms with van der Waals surface area (Å²) in [5, 5.41) is 3.26. The first-order valence-corrected chi connectivity index (χ1v) is 6.71. The van der Waals surface area contributed by atoms with Gasteiger partial charge in [0.1, 0.15) is 0 Å². The van der Waals surface area contributed by atoms with Crippen molar-refractivity contribution in [2.75, 3.05) is 32.7 Å². The number of hydrogen-bond donors (Lipinski definition) is 1. The number of fused-ring (bicyclic) bond motifs is 1. The van der Waals surface area contributed by atoms with Gasteiger partial charge in [0.05, 0.1) is 12.1 Å². The van der Waals surface area contributed by atoms with E-state index in [1.165, 1.54) is 4.57 Å². The van der Waals surface area contributed by atoms with Gasteiger partial charge in [-0.25, -0.2) is 4.79 Å². The second-order valence-electron chi connectivity index (χ2n) is 5.06. The second-order valence-corrected chi connectivity index (χ2v) is 5.06. The Hall–Kier alpha value is -1.92. The maximum absolute atomic E-state index is 12.3. The molecule has 6 heteroatoms. The van der Waals surface area contributed by atoms with E-state index in [9.17, 15) is 9.59 Å². The van der Waals surface area contributed by atoms with Crippen LogP contribution in [-0.2, 0) is 7.05 Å². The summed E-state index contributed by atoms with van der Waals surface area (Å²) in [6.45, 7) is 4.03. The van der Waals surface area contributed by atoms with Crippen LogP contribution in [0.4, 0.5) is 0 Å². The summed E-state index contributed by atoms with van der Waals surface area (Å²) in [5.41, 5.74) is 1.78. The minimum absolute atomic E-state index is 0.0717. The number of aromatic nitrogens is 1. The van der Waals surface area contributed by atoms with Gasteiger partial charge in [-0.15, -0.1) is 0 Å². The Morgan fingerprint density at radius 1 is 1.35 bits per heavy atom. The predicted octanol–water partition coefficient (Wildman–Crippen LogP) is 0.219. The van der Waals surface area contributed by atoms with E-state index >= 15 is 0 Å². The van der Waals surface area contributed by atoms with Crippen molar-refractivity contribution in [3.05, 3.63) is 34.3 Å². The largest absolute Gasteiger partial charge is 0.419 e. The van der Waals surface area contributed by atoms with Crippen LogP contribution in [0.2, 0.25) is 0 Å². The lowest BCUT2D eigenvalue weighted by Gasteiger charge is -2.26. The van der Waals surface area contributed by atoms with Gasteiger partial charge in [0.2, 0.25) is 0 Å². The highest BCUT2D eigenvalue weighted by atomic mass is 16.4. The highest BCUT2D eigenvalue weighted by Crippen LogP contribution is 2.15. The number of Topliss-reactive ketones (excluding diaryl/α,β-unsaturated/α-hetero) is 1. The van der Waals surface area contributed by atoms with Gasteiger partial charge in [-0.05, 0) is 18.2 Å². The van der Waals surface area contributed by atoms with Crippen LogP contribution in [0.25, 0.3) is 11.1 Å². The van der Waals surface area contributed by atoms with Gasteiger partial charge in [-0.1, -0.05) is 0 Å². The van der Waals surface area contributed by atoms with Crippen molar-refractivity contribution in [3.63, 3.8) is 0 Å². The van der Waals surface area contributed by atoms with Crippen molar-refractivity contribution in [1.82, 2.24) is 14.8 Å². The Kier molecular flexibility index (Phi) is 3.42. The number of nitrogens with zero attached hydrogens (tertiary/aromatic N) is 2. The van der Waals surface area contributed by atoms with Gasteiger partial charge in [0.15, 0.2) is 11.4 Å². The highest BCUT2D eigenvalue weighted by molar-refractivity contribution is 6.00. The number of rotatable bonds is 3. The molecule has 0 radical (unpaired) electrons. The number of aryl methyl sites for hydroxylation is 1. The first kappa shape index (κ1) is 13.1. The summed E-state index contributed by atoms with van der Waals surface area (Å²) >= 11 is 0. The third-order valence-electron chi connectivity index (χ3n) is 3.69. The fourth-order valence-corrected chi connectivity index (χ4v) is 2.46. The molecule has 6 nitrogen and oxygen atoms in total. The van der Waals surface area contributed by atoms with Crippen LogP contribution in [-0.4, -0.2) is 48.0 Å². The number of carbonyl (C=O) groups excluding carboxylic acids is 1. The van der Waals surface area contributed by atoms with Crippen molar-refractivity contribution in [3.8, 4) is 0 Å².